The van der Waals surface area contributed by atoms with Gasteiger partial charge in [0.2, 0.25) is 0 Å². The van der Waals surface area contributed by atoms with E-state index in [9.17, 15) is 5.11 Å². The molecule has 0 saturated carbocycles. The fourth-order valence-corrected chi connectivity index (χ4v) is 2.92. The molecular weight excluding hydrogens is 242 g/mol. The van der Waals surface area contributed by atoms with Crippen molar-refractivity contribution in [2.75, 3.05) is 0 Å². The van der Waals surface area contributed by atoms with Gasteiger partial charge < -0.3 is 5.11 Å². The number of benzene rings is 2. The van der Waals surface area contributed by atoms with Crippen LogP contribution in [0, 0.1) is 6.92 Å². The van der Waals surface area contributed by atoms with Gasteiger partial charge in [0.1, 0.15) is 11.1 Å². The van der Waals surface area contributed by atoms with Crippen molar-refractivity contribution in [3.8, 4) is 0 Å². The van der Waals surface area contributed by atoms with Gasteiger partial charge in [0.05, 0.1) is 0 Å². The van der Waals surface area contributed by atoms with Gasteiger partial charge in [-0.3, -0.25) is 0 Å². The van der Waals surface area contributed by atoms with Gasteiger partial charge in [-0.15, -0.1) is 11.3 Å². The van der Waals surface area contributed by atoms with Gasteiger partial charge in [-0.2, -0.15) is 0 Å². The van der Waals surface area contributed by atoms with Crippen LogP contribution in [0.3, 0.4) is 0 Å². The molecule has 0 aliphatic carbocycles. The summed E-state index contributed by atoms with van der Waals surface area (Å²) >= 11 is 1.50. The van der Waals surface area contributed by atoms with E-state index in [0.717, 1.165) is 27.0 Å². The minimum Gasteiger partial charge on any atom is -0.381 e. The number of aryl methyl sites for hydroxylation is 1. The molecule has 0 fully saturated rings. The molecule has 1 N–H and O–H groups in total. The SMILES string of the molecule is Cc1csc(C(O)c2cccc3ccccc23)n1. The zero-order valence-corrected chi connectivity index (χ0v) is 10.8. The van der Waals surface area contributed by atoms with Crippen molar-refractivity contribution in [2.45, 2.75) is 13.0 Å². The maximum Gasteiger partial charge on any atom is 0.131 e. The Morgan fingerprint density at radius 3 is 2.67 bits per heavy atom. The molecule has 0 aliphatic heterocycles. The van der Waals surface area contributed by atoms with Crippen molar-refractivity contribution in [2.24, 2.45) is 0 Å². The Kier molecular flexibility index (Phi) is 2.86. The lowest BCUT2D eigenvalue weighted by atomic mass is 10.0. The van der Waals surface area contributed by atoms with Crippen LogP contribution in [0.4, 0.5) is 0 Å². The van der Waals surface area contributed by atoms with Crippen LogP contribution in [0.15, 0.2) is 47.8 Å². The van der Waals surface area contributed by atoms with Crippen molar-refractivity contribution in [3.63, 3.8) is 0 Å². The molecule has 0 amide bonds. The molecule has 2 aromatic carbocycles. The fourth-order valence-electron chi connectivity index (χ4n) is 2.12. The van der Waals surface area contributed by atoms with Gasteiger partial charge in [0.25, 0.3) is 0 Å². The second-order valence-electron chi connectivity index (χ2n) is 4.30. The minimum atomic E-state index is -0.644. The first-order valence-electron chi connectivity index (χ1n) is 5.83. The van der Waals surface area contributed by atoms with Crippen LogP contribution in [0.5, 0.6) is 0 Å². The average molecular weight is 255 g/mol. The minimum absolute atomic E-state index is 0.644. The largest absolute Gasteiger partial charge is 0.381 e. The van der Waals surface area contributed by atoms with Crippen molar-refractivity contribution < 1.29 is 5.11 Å². The normalized spacial score (nSPS) is 12.8. The van der Waals surface area contributed by atoms with Crippen LogP contribution in [-0.4, -0.2) is 10.1 Å². The molecule has 1 aromatic heterocycles. The number of fused-ring (bicyclic) bond motifs is 1. The van der Waals surface area contributed by atoms with E-state index in [0.29, 0.717) is 0 Å². The van der Waals surface area contributed by atoms with Gasteiger partial charge in [-0.25, -0.2) is 4.98 Å². The van der Waals surface area contributed by atoms with Gasteiger partial charge in [-0.1, -0.05) is 42.5 Å². The van der Waals surface area contributed by atoms with Crippen LogP contribution in [0.25, 0.3) is 10.8 Å². The third-order valence-electron chi connectivity index (χ3n) is 2.99. The number of thiazole rings is 1. The predicted molar refractivity (Wildman–Crippen MR) is 74.9 cm³/mol. The third-order valence-corrected chi connectivity index (χ3v) is 4.00. The quantitative estimate of drug-likeness (QED) is 0.757. The molecule has 0 bridgehead atoms. The molecule has 0 saturated heterocycles. The molecule has 0 aliphatic rings. The highest BCUT2D eigenvalue weighted by molar-refractivity contribution is 7.09. The van der Waals surface area contributed by atoms with E-state index < -0.39 is 6.10 Å². The summed E-state index contributed by atoms with van der Waals surface area (Å²) in [4.78, 5) is 4.36. The summed E-state index contributed by atoms with van der Waals surface area (Å²) in [6.07, 6.45) is -0.644. The van der Waals surface area contributed by atoms with Crippen LogP contribution in [-0.2, 0) is 0 Å². The second kappa shape index (κ2) is 4.52. The highest BCUT2D eigenvalue weighted by Gasteiger charge is 2.16. The first kappa shape index (κ1) is 11.4. The van der Waals surface area contributed by atoms with E-state index in [4.69, 9.17) is 0 Å². The number of nitrogens with zero attached hydrogens (tertiary/aromatic N) is 1. The summed E-state index contributed by atoms with van der Waals surface area (Å²) in [7, 11) is 0. The van der Waals surface area contributed by atoms with E-state index in [1.165, 1.54) is 11.3 Å². The Morgan fingerprint density at radius 1 is 1.11 bits per heavy atom. The summed E-state index contributed by atoms with van der Waals surface area (Å²) < 4.78 is 0. The molecule has 90 valence electrons. The molecule has 3 aromatic rings. The highest BCUT2D eigenvalue weighted by Crippen LogP contribution is 2.30. The summed E-state index contributed by atoms with van der Waals surface area (Å²) in [5.74, 6) is 0. The average Bonchev–Trinajstić information content (AvgIpc) is 2.84. The van der Waals surface area contributed by atoms with Crippen LogP contribution < -0.4 is 0 Å². The standard InChI is InChI=1S/C15H13NOS/c1-10-9-18-15(16-10)14(17)13-8-4-6-11-5-2-3-7-12(11)13/h2-9,14,17H,1H3. The molecular formula is C15H13NOS. The van der Waals surface area contributed by atoms with Crippen molar-refractivity contribution >= 4 is 22.1 Å². The van der Waals surface area contributed by atoms with E-state index in [1.54, 1.807) is 0 Å². The second-order valence-corrected chi connectivity index (χ2v) is 5.19. The first-order valence-corrected chi connectivity index (χ1v) is 6.71. The number of aromatic nitrogens is 1. The van der Waals surface area contributed by atoms with Crippen LogP contribution in [0.1, 0.15) is 22.4 Å². The molecule has 1 unspecified atom stereocenters. The Morgan fingerprint density at radius 2 is 1.89 bits per heavy atom. The zero-order chi connectivity index (χ0) is 12.5. The Labute approximate surface area is 110 Å². The molecule has 1 heterocycles. The van der Waals surface area contributed by atoms with Crippen molar-refractivity contribution in [1.82, 2.24) is 4.98 Å². The molecule has 0 radical (unpaired) electrons. The van der Waals surface area contributed by atoms with Crippen molar-refractivity contribution in [3.05, 3.63) is 64.1 Å². The molecule has 3 rings (SSSR count). The first-order chi connectivity index (χ1) is 8.75. The predicted octanol–water partition coefficient (Wildman–Crippen LogP) is 3.69. The Hall–Kier alpha value is -1.71. The summed E-state index contributed by atoms with van der Waals surface area (Å²) in [5, 5.41) is 15.4. The number of aliphatic hydroxyl groups is 1. The maximum atomic E-state index is 10.5. The van der Waals surface area contributed by atoms with E-state index in [-0.39, 0.29) is 0 Å². The molecule has 2 nitrogen and oxygen atoms in total. The zero-order valence-electron chi connectivity index (χ0n) is 10.00. The van der Waals surface area contributed by atoms with Gasteiger partial charge >= 0.3 is 0 Å². The van der Waals surface area contributed by atoms with E-state index >= 15 is 0 Å². The molecule has 0 spiro atoms. The smallest absolute Gasteiger partial charge is 0.131 e. The lowest BCUT2D eigenvalue weighted by Gasteiger charge is -2.11. The number of rotatable bonds is 2. The van der Waals surface area contributed by atoms with Crippen LogP contribution in [0.2, 0.25) is 0 Å². The molecule has 3 heteroatoms. The van der Waals surface area contributed by atoms with Gasteiger partial charge in [-0.05, 0) is 23.3 Å². The van der Waals surface area contributed by atoms with Gasteiger partial charge in [0.15, 0.2) is 0 Å². The number of hydrogen-bond acceptors (Lipinski definition) is 3. The molecule has 18 heavy (non-hydrogen) atoms. The lowest BCUT2D eigenvalue weighted by Crippen LogP contribution is -2.00. The summed E-state index contributed by atoms with van der Waals surface area (Å²) in [5.41, 5.74) is 1.87. The highest BCUT2D eigenvalue weighted by atomic mass is 32.1. The fraction of sp³-hybridized carbons (Fsp3) is 0.133. The third kappa shape index (κ3) is 1.92. The number of hydrogen-bond donors (Lipinski definition) is 1. The van der Waals surface area contributed by atoms with E-state index in [1.807, 2.05) is 42.6 Å². The number of aliphatic hydroxyl groups excluding tert-OH is 1. The maximum absolute atomic E-state index is 10.5. The topological polar surface area (TPSA) is 33.1 Å². The monoisotopic (exact) mass is 255 g/mol. The van der Waals surface area contributed by atoms with E-state index in [2.05, 4.69) is 17.1 Å². The Balaban J connectivity index is 2.14. The molecule has 1 atom stereocenters. The summed E-state index contributed by atoms with van der Waals surface area (Å²) in [6.45, 7) is 1.94. The van der Waals surface area contributed by atoms with Crippen molar-refractivity contribution in [1.29, 1.82) is 0 Å². The van der Waals surface area contributed by atoms with Crippen LogP contribution >= 0.6 is 11.3 Å². The summed E-state index contributed by atoms with van der Waals surface area (Å²) in [6, 6.07) is 14.1. The van der Waals surface area contributed by atoms with Gasteiger partial charge in [0, 0.05) is 11.1 Å². The Bertz CT molecular complexity index is 684. The lowest BCUT2D eigenvalue weighted by molar-refractivity contribution is 0.221.